The number of carbonyl (C=O) groups excluding carboxylic acids is 2. The summed E-state index contributed by atoms with van der Waals surface area (Å²) in [6.07, 6.45) is -1.48. The molecule has 132 valence electrons. The van der Waals surface area contributed by atoms with Gasteiger partial charge in [-0.2, -0.15) is 11.8 Å². The Balaban J connectivity index is 2.59. The van der Waals surface area contributed by atoms with Gasteiger partial charge in [-0.1, -0.05) is 6.92 Å². The van der Waals surface area contributed by atoms with Crippen LogP contribution in [0.3, 0.4) is 0 Å². The summed E-state index contributed by atoms with van der Waals surface area (Å²) >= 11 is 1.53. The molecule has 2 unspecified atom stereocenters. The fourth-order valence-corrected chi connectivity index (χ4v) is 3.08. The fraction of sp³-hybridized carbons (Fsp3) is 0.786. The molecule has 0 aromatic carbocycles. The number of nitrogens with one attached hydrogen (secondary N) is 1. The topological polar surface area (TPSA) is 105 Å². The van der Waals surface area contributed by atoms with Gasteiger partial charge in [0.15, 0.2) is 6.23 Å². The van der Waals surface area contributed by atoms with Crippen molar-refractivity contribution in [3.63, 3.8) is 0 Å². The lowest BCUT2D eigenvalue weighted by Crippen LogP contribution is -2.56. The third kappa shape index (κ3) is 6.26. The lowest BCUT2D eigenvalue weighted by molar-refractivity contribution is -0.147. The minimum Gasteiger partial charge on any atom is -0.465 e. The summed E-state index contributed by atoms with van der Waals surface area (Å²) in [6, 6.07) is -1.28. The van der Waals surface area contributed by atoms with Crippen molar-refractivity contribution in [1.29, 1.82) is 0 Å². The van der Waals surface area contributed by atoms with Crippen LogP contribution in [-0.2, 0) is 19.1 Å². The molecule has 0 aromatic rings. The van der Waals surface area contributed by atoms with Crippen molar-refractivity contribution in [2.75, 3.05) is 24.7 Å². The van der Waals surface area contributed by atoms with Crippen LogP contribution in [0, 0.1) is 0 Å². The minimum absolute atomic E-state index is 0.299. The molecule has 2 N–H and O–H groups in total. The van der Waals surface area contributed by atoms with Gasteiger partial charge in [-0.05, 0) is 20.3 Å². The van der Waals surface area contributed by atoms with Crippen molar-refractivity contribution < 1.29 is 29.0 Å². The van der Waals surface area contributed by atoms with Gasteiger partial charge in [0.25, 0.3) is 0 Å². The second-order valence-corrected chi connectivity index (χ2v) is 6.37. The van der Waals surface area contributed by atoms with Crippen LogP contribution in [0.4, 0.5) is 4.79 Å². The van der Waals surface area contributed by atoms with E-state index < -0.39 is 30.4 Å². The second-order valence-electron chi connectivity index (χ2n) is 5.22. The zero-order chi connectivity index (χ0) is 17.4. The molecule has 0 saturated carbocycles. The van der Waals surface area contributed by atoms with Gasteiger partial charge in [-0.15, -0.1) is 0 Å². The highest BCUT2D eigenvalue weighted by molar-refractivity contribution is 7.99. The van der Waals surface area contributed by atoms with Gasteiger partial charge in [0.05, 0.1) is 18.4 Å². The molecule has 23 heavy (non-hydrogen) atoms. The van der Waals surface area contributed by atoms with E-state index in [4.69, 9.17) is 14.6 Å². The predicted octanol–water partition coefficient (Wildman–Crippen LogP) is 0.902. The number of hydrogen-bond donors (Lipinski definition) is 2. The molecule has 3 atom stereocenters. The number of carbonyl (C=O) groups is 3. The van der Waals surface area contributed by atoms with Crippen LogP contribution in [0.25, 0.3) is 0 Å². The minimum atomic E-state index is -1.41. The number of ether oxygens (including phenoxy) is 2. The summed E-state index contributed by atoms with van der Waals surface area (Å²) in [5.41, 5.74) is 0. The van der Waals surface area contributed by atoms with Crippen molar-refractivity contribution in [2.24, 2.45) is 0 Å². The maximum Gasteiger partial charge on any atom is 0.507 e. The summed E-state index contributed by atoms with van der Waals surface area (Å²) in [7, 11) is 0. The van der Waals surface area contributed by atoms with E-state index in [1.54, 1.807) is 13.8 Å². The molecular weight excluding hydrogens is 324 g/mol. The van der Waals surface area contributed by atoms with E-state index in [1.807, 2.05) is 6.92 Å². The van der Waals surface area contributed by atoms with Gasteiger partial charge in [-0.25, -0.2) is 4.79 Å². The number of carboxylic acid groups (broad SMARTS) is 1. The first-order valence-electron chi connectivity index (χ1n) is 7.57. The monoisotopic (exact) mass is 348 g/mol. The standard InChI is InChI=1S/C14H24N2O6S/c1-4-6-21-13(18)10(3)15-9(2)12(17)16-5-7-23-8-11(16)22-14(19)20/h9-11,15H,4-8H2,1-3H3,(H,19,20)/t9-,10?,11?/m0/s1. The number of amides is 1. The molecule has 8 nitrogen and oxygen atoms in total. The molecule has 1 saturated heterocycles. The Morgan fingerprint density at radius 3 is 2.65 bits per heavy atom. The SMILES string of the molecule is CCCOC(=O)C(C)N[C@@H](C)C(=O)N1CCSCC1OC(=O)O. The Labute approximate surface area is 139 Å². The zero-order valence-corrected chi connectivity index (χ0v) is 14.4. The Kier molecular flexibility index (Phi) is 8.18. The molecule has 1 amide bonds. The Bertz CT molecular complexity index is 433. The molecule has 0 spiro atoms. The van der Waals surface area contributed by atoms with Crippen LogP contribution in [0.2, 0.25) is 0 Å². The van der Waals surface area contributed by atoms with Crippen LogP contribution in [-0.4, -0.2) is 71.0 Å². The molecule has 1 heterocycles. The van der Waals surface area contributed by atoms with E-state index in [2.05, 4.69) is 5.32 Å². The third-order valence-electron chi connectivity index (χ3n) is 3.28. The fourth-order valence-electron chi connectivity index (χ4n) is 2.14. The van der Waals surface area contributed by atoms with Crippen molar-refractivity contribution in [1.82, 2.24) is 10.2 Å². The Morgan fingerprint density at radius 1 is 1.35 bits per heavy atom. The quantitative estimate of drug-likeness (QED) is 0.654. The van der Waals surface area contributed by atoms with E-state index >= 15 is 0 Å². The molecule has 0 aliphatic carbocycles. The average Bonchev–Trinajstić information content (AvgIpc) is 2.51. The van der Waals surface area contributed by atoms with Gasteiger partial charge in [0.2, 0.25) is 5.91 Å². The number of esters is 1. The van der Waals surface area contributed by atoms with Crippen LogP contribution >= 0.6 is 11.8 Å². The maximum atomic E-state index is 12.5. The number of rotatable bonds is 7. The molecule has 1 fully saturated rings. The van der Waals surface area contributed by atoms with E-state index in [9.17, 15) is 14.4 Å². The maximum absolute atomic E-state index is 12.5. The molecule has 0 bridgehead atoms. The lowest BCUT2D eigenvalue weighted by atomic mass is 10.2. The van der Waals surface area contributed by atoms with E-state index in [0.717, 1.165) is 6.42 Å². The summed E-state index contributed by atoms with van der Waals surface area (Å²) in [6.45, 7) is 5.90. The van der Waals surface area contributed by atoms with E-state index in [-0.39, 0.29) is 5.91 Å². The first-order chi connectivity index (χ1) is 10.9. The van der Waals surface area contributed by atoms with Crippen molar-refractivity contribution in [3.05, 3.63) is 0 Å². The van der Waals surface area contributed by atoms with Gasteiger partial charge in [0.1, 0.15) is 6.04 Å². The number of nitrogens with zero attached hydrogens (tertiary/aromatic N) is 1. The molecular formula is C14H24N2O6S. The molecule has 1 rings (SSSR count). The zero-order valence-electron chi connectivity index (χ0n) is 13.6. The van der Waals surface area contributed by atoms with Crippen molar-refractivity contribution in [3.8, 4) is 0 Å². The molecule has 9 heteroatoms. The summed E-state index contributed by atoms with van der Waals surface area (Å²) < 4.78 is 9.78. The molecule has 1 aliphatic rings. The van der Waals surface area contributed by atoms with Gasteiger partial charge in [-0.3, -0.25) is 14.9 Å². The van der Waals surface area contributed by atoms with Crippen LogP contribution in [0.1, 0.15) is 27.2 Å². The summed E-state index contributed by atoms with van der Waals surface area (Å²) in [5.74, 6) is 0.399. The molecule has 0 radical (unpaired) electrons. The van der Waals surface area contributed by atoms with E-state index in [1.165, 1.54) is 16.7 Å². The highest BCUT2D eigenvalue weighted by Crippen LogP contribution is 2.18. The summed E-state index contributed by atoms with van der Waals surface area (Å²) in [4.78, 5) is 36.3. The largest absolute Gasteiger partial charge is 0.507 e. The van der Waals surface area contributed by atoms with Gasteiger partial charge in [0, 0.05) is 12.3 Å². The Hall–Kier alpha value is -1.48. The van der Waals surface area contributed by atoms with Crippen LogP contribution < -0.4 is 5.32 Å². The average molecular weight is 348 g/mol. The van der Waals surface area contributed by atoms with Gasteiger partial charge < -0.3 is 19.5 Å². The number of hydrogen-bond acceptors (Lipinski definition) is 7. The van der Waals surface area contributed by atoms with Crippen LogP contribution in [0.5, 0.6) is 0 Å². The highest BCUT2D eigenvalue weighted by Gasteiger charge is 2.33. The predicted molar refractivity (Wildman–Crippen MR) is 85.2 cm³/mol. The Morgan fingerprint density at radius 2 is 2.04 bits per heavy atom. The first kappa shape index (κ1) is 19.6. The third-order valence-corrected chi connectivity index (χ3v) is 4.27. The first-order valence-corrected chi connectivity index (χ1v) is 8.72. The summed E-state index contributed by atoms with van der Waals surface area (Å²) in [5, 5.41) is 11.6. The smallest absolute Gasteiger partial charge is 0.465 e. The number of thioether (sulfide) groups is 1. The van der Waals surface area contributed by atoms with E-state index in [0.29, 0.717) is 24.7 Å². The van der Waals surface area contributed by atoms with Crippen LogP contribution in [0.15, 0.2) is 0 Å². The van der Waals surface area contributed by atoms with Crippen molar-refractivity contribution in [2.45, 2.75) is 45.5 Å². The normalized spacial score (nSPS) is 20.5. The van der Waals surface area contributed by atoms with Gasteiger partial charge >= 0.3 is 12.1 Å². The molecule has 0 aromatic heterocycles. The van der Waals surface area contributed by atoms with Crippen molar-refractivity contribution >= 4 is 29.8 Å². The second kappa shape index (κ2) is 9.61. The molecule has 1 aliphatic heterocycles. The lowest BCUT2D eigenvalue weighted by Gasteiger charge is -2.35. The highest BCUT2D eigenvalue weighted by atomic mass is 32.2.